The van der Waals surface area contributed by atoms with Crippen molar-refractivity contribution in [2.75, 3.05) is 46.6 Å². The second-order valence-corrected chi connectivity index (χ2v) is 17.7. The zero-order chi connectivity index (χ0) is 42.8. The topological polar surface area (TPSA) is 139 Å². The molecule has 3 aromatic carbocycles. The maximum atomic E-state index is 14.6. The standard InChI is InChI=1S/C47H60N4O8S/c1-31-18-20-33(21-19-31)41(29-52)58-28-26-56-25-27-57-40-23-22-36(35-15-10-11-16-37(35)40)38-30-60-44(48-38)39-17-12-24-51(39)45(54)42(34-13-8-7-9-14-34)49-43(53)32(2)50(6)46(55)59-47(3,4)5/h10-11,15-16,18-23,30,32,34,39,41-42H,1,7-9,12-14,17,24-29H2,2-6H3,(H,49,53)/t32-,39?,41?,42-/m0/s1. The molecular weight excluding hydrogens is 781 g/mol. The molecule has 0 spiro atoms. The van der Waals surface area contributed by atoms with E-state index < -0.39 is 29.9 Å². The van der Waals surface area contributed by atoms with Gasteiger partial charge in [0.2, 0.25) is 11.8 Å². The van der Waals surface area contributed by atoms with Gasteiger partial charge >= 0.3 is 6.09 Å². The number of hydrogen-bond donors (Lipinski definition) is 1. The van der Waals surface area contributed by atoms with Crippen LogP contribution in [0.1, 0.15) is 101 Å². The Kier molecular flexibility index (Phi) is 15.6. The average molecular weight is 841 g/mol. The van der Waals surface area contributed by atoms with Crippen molar-refractivity contribution < 1.29 is 38.4 Å². The Bertz CT molecular complexity index is 2040. The summed E-state index contributed by atoms with van der Waals surface area (Å²) < 4.78 is 23.2. The van der Waals surface area contributed by atoms with Crippen LogP contribution in [0.3, 0.4) is 0 Å². The van der Waals surface area contributed by atoms with E-state index >= 15 is 0 Å². The normalized spacial score (nSPS) is 17.6. The number of aromatic nitrogens is 1. The van der Waals surface area contributed by atoms with Crippen LogP contribution in [-0.4, -0.2) is 97.0 Å². The highest BCUT2D eigenvalue weighted by molar-refractivity contribution is 7.10. The molecule has 322 valence electrons. The van der Waals surface area contributed by atoms with Gasteiger partial charge in [0.25, 0.3) is 0 Å². The van der Waals surface area contributed by atoms with Crippen molar-refractivity contribution in [2.24, 2.45) is 5.92 Å². The third-order valence-electron chi connectivity index (χ3n) is 11.4. The van der Waals surface area contributed by atoms with Gasteiger partial charge in [-0.3, -0.25) is 14.5 Å². The minimum Gasteiger partial charge on any atom is -0.491 e. The number of nitrogens with one attached hydrogen (secondary N) is 1. The van der Waals surface area contributed by atoms with Gasteiger partial charge in [-0.1, -0.05) is 67.8 Å². The summed E-state index contributed by atoms with van der Waals surface area (Å²) in [5.41, 5.74) is 2.82. The number of rotatable bonds is 17. The van der Waals surface area contributed by atoms with Crippen LogP contribution >= 0.6 is 11.3 Å². The molecule has 4 aromatic rings. The van der Waals surface area contributed by atoms with Crippen LogP contribution in [0.5, 0.6) is 5.75 Å². The Hall–Kier alpha value is -4.56. The first-order valence-corrected chi connectivity index (χ1v) is 22.1. The van der Waals surface area contributed by atoms with E-state index in [1.54, 1.807) is 46.1 Å². The minimum absolute atomic E-state index is 0.0140. The largest absolute Gasteiger partial charge is 0.491 e. The zero-order valence-electron chi connectivity index (χ0n) is 35.7. The first kappa shape index (κ1) is 45.0. The summed E-state index contributed by atoms with van der Waals surface area (Å²) in [5.74, 6) is 0.288. The zero-order valence-corrected chi connectivity index (χ0v) is 36.5. The van der Waals surface area contributed by atoms with Gasteiger partial charge < -0.3 is 29.2 Å². The number of amides is 3. The summed E-state index contributed by atoms with van der Waals surface area (Å²) in [7, 11) is 1.55. The van der Waals surface area contributed by atoms with Gasteiger partial charge in [-0.25, -0.2) is 14.9 Å². The Labute approximate surface area is 358 Å². The average Bonchev–Trinajstić information content (AvgIpc) is 3.94. The summed E-state index contributed by atoms with van der Waals surface area (Å²) >= 11 is 1.55. The highest BCUT2D eigenvalue weighted by Gasteiger charge is 2.41. The summed E-state index contributed by atoms with van der Waals surface area (Å²) in [6.45, 7) is 12.4. The van der Waals surface area contributed by atoms with E-state index in [9.17, 15) is 19.5 Å². The van der Waals surface area contributed by atoms with Crippen molar-refractivity contribution in [3.8, 4) is 17.0 Å². The summed E-state index contributed by atoms with van der Waals surface area (Å²) in [5, 5.41) is 19.7. The molecule has 1 aromatic heterocycles. The van der Waals surface area contributed by atoms with E-state index in [1.165, 1.54) is 4.90 Å². The van der Waals surface area contributed by atoms with Crippen molar-refractivity contribution in [3.05, 3.63) is 89.1 Å². The number of fused-ring (bicyclic) bond motifs is 1. The Morgan fingerprint density at radius 2 is 1.65 bits per heavy atom. The van der Waals surface area contributed by atoms with Crippen molar-refractivity contribution in [2.45, 2.75) is 102 Å². The van der Waals surface area contributed by atoms with E-state index in [-0.39, 0.29) is 30.4 Å². The van der Waals surface area contributed by atoms with Crippen LogP contribution in [0.25, 0.3) is 22.0 Å². The van der Waals surface area contributed by atoms with Crippen LogP contribution in [0.15, 0.2) is 66.0 Å². The fraction of sp³-hybridized carbons (Fsp3) is 0.511. The minimum atomic E-state index is -0.826. The van der Waals surface area contributed by atoms with E-state index in [4.69, 9.17) is 23.9 Å². The molecule has 1 saturated heterocycles. The molecule has 4 atom stereocenters. The second-order valence-electron chi connectivity index (χ2n) is 16.8. The van der Waals surface area contributed by atoms with Crippen molar-refractivity contribution in [1.82, 2.24) is 20.1 Å². The quantitative estimate of drug-likeness (QED) is 0.104. The van der Waals surface area contributed by atoms with Gasteiger partial charge in [-0.2, -0.15) is 0 Å². The molecule has 2 unspecified atom stereocenters. The number of hydrogen-bond acceptors (Lipinski definition) is 9. The molecule has 2 radical (unpaired) electrons. The molecule has 2 aliphatic rings. The summed E-state index contributed by atoms with van der Waals surface area (Å²) in [6, 6.07) is 17.8. The van der Waals surface area contributed by atoms with Crippen LogP contribution in [-0.2, 0) is 28.9 Å². The van der Waals surface area contributed by atoms with E-state index in [2.05, 4.69) is 23.7 Å². The Morgan fingerprint density at radius 3 is 2.37 bits per heavy atom. The number of ether oxygens (including phenoxy) is 4. The molecule has 2 heterocycles. The van der Waals surface area contributed by atoms with Crippen LogP contribution in [0, 0.1) is 12.8 Å². The number of carbonyl (C=O) groups excluding carboxylic acids is 3. The third-order valence-corrected chi connectivity index (χ3v) is 12.3. The van der Waals surface area contributed by atoms with Crippen molar-refractivity contribution in [1.29, 1.82) is 0 Å². The Balaban J connectivity index is 1.09. The fourth-order valence-corrected chi connectivity index (χ4v) is 8.94. The second kappa shape index (κ2) is 20.8. The van der Waals surface area contributed by atoms with E-state index in [0.717, 1.165) is 88.9 Å². The summed E-state index contributed by atoms with van der Waals surface area (Å²) in [4.78, 5) is 49.4. The molecule has 13 heteroatoms. The summed E-state index contributed by atoms with van der Waals surface area (Å²) in [6.07, 6.45) is 5.36. The maximum absolute atomic E-state index is 14.6. The number of benzene rings is 3. The molecule has 1 saturated carbocycles. The number of likely N-dealkylation sites (tertiary alicyclic amines) is 1. The van der Waals surface area contributed by atoms with Gasteiger partial charge in [0.1, 0.15) is 47.8 Å². The third kappa shape index (κ3) is 11.4. The first-order chi connectivity index (χ1) is 28.8. The van der Waals surface area contributed by atoms with Crippen LogP contribution < -0.4 is 10.1 Å². The highest BCUT2D eigenvalue weighted by atomic mass is 32.1. The molecule has 6 rings (SSSR count). The lowest BCUT2D eigenvalue weighted by Gasteiger charge is -2.36. The molecule has 0 bridgehead atoms. The molecule has 1 aliphatic heterocycles. The lowest BCUT2D eigenvalue weighted by atomic mass is 9.83. The lowest BCUT2D eigenvalue weighted by Crippen LogP contribution is -2.56. The molecular formula is C47H60N4O8S. The van der Waals surface area contributed by atoms with Crippen molar-refractivity contribution >= 4 is 40.0 Å². The van der Waals surface area contributed by atoms with Gasteiger partial charge in [0.05, 0.1) is 31.6 Å². The van der Waals surface area contributed by atoms with E-state index in [1.807, 2.05) is 59.5 Å². The van der Waals surface area contributed by atoms with Gasteiger partial charge in [0, 0.05) is 29.9 Å². The molecule has 60 heavy (non-hydrogen) atoms. The van der Waals surface area contributed by atoms with Gasteiger partial charge in [0.15, 0.2) is 0 Å². The molecule has 3 amide bonds. The van der Waals surface area contributed by atoms with Gasteiger partial charge in [-0.15, -0.1) is 11.3 Å². The van der Waals surface area contributed by atoms with Crippen molar-refractivity contribution in [3.63, 3.8) is 0 Å². The first-order valence-electron chi connectivity index (χ1n) is 21.2. The maximum Gasteiger partial charge on any atom is 0.410 e. The molecule has 2 fully saturated rings. The van der Waals surface area contributed by atoms with Crippen LogP contribution in [0.4, 0.5) is 4.79 Å². The fourth-order valence-electron chi connectivity index (χ4n) is 7.98. The highest BCUT2D eigenvalue weighted by Crippen LogP contribution is 2.40. The van der Waals surface area contributed by atoms with Gasteiger partial charge in [-0.05, 0) is 94.9 Å². The molecule has 1 N–H and O–H groups in total. The molecule has 12 nitrogen and oxygen atoms in total. The predicted octanol–water partition coefficient (Wildman–Crippen LogP) is 8.71. The predicted molar refractivity (Wildman–Crippen MR) is 232 cm³/mol. The van der Waals surface area contributed by atoms with E-state index in [0.29, 0.717) is 33.0 Å². The number of nitrogens with zero attached hydrogens (tertiary/aromatic N) is 3. The number of thiazole rings is 1. The Morgan fingerprint density at radius 1 is 0.933 bits per heavy atom. The number of carbonyl (C=O) groups is 3. The van der Waals surface area contributed by atoms with Crippen LogP contribution in [0.2, 0.25) is 0 Å². The SMILES string of the molecule is [CH2]c1ccc(C(C[O])OCCOCCOc2ccc(-c3csc(C4CCCN4C(=O)[C@@H](NC(=O)[C@H](C)N(C)C(=O)OC(C)(C)C)C4CCCCC4)n3)c3ccccc23)cc1. The smallest absolute Gasteiger partial charge is 0.410 e. The molecule has 1 aliphatic carbocycles. The lowest BCUT2D eigenvalue weighted by molar-refractivity contribution is -0.140. The monoisotopic (exact) mass is 840 g/mol. The number of likely N-dealkylation sites (N-methyl/N-ethyl adjacent to an activating group) is 1.